The first-order chi connectivity index (χ1) is 22.9. The molecule has 1 spiro atoms. The minimum atomic E-state index is -3.39. The van der Waals surface area contributed by atoms with Crippen LogP contribution in [0.4, 0.5) is 10.5 Å². The number of aryl methyl sites for hydroxylation is 1. The lowest BCUT2D eigenvalue weighted by Crippen LogP contribution is -2.54. The van der Waals surface area contributed by atoms with Gasteiger partial charge in [0.1, 0.15) is 15.7 Å². The van der Waals surface area contributed by atoms with Gasteiger partial charge < -0.3 is 19.3 Å². The number of urea groups is 1. The molecule has 0 radical (unpaired) electrons. The molecular formula is C37H51ClN4O5S. The number of carbonyl (C=O) groups excluding carboxylic acids is 2. The summed E-state index contributed by atoms with van der Waals surface area (Å²) in [6, 6.07) is 11.2. The van der Waals surface area contributed by atoms with Gasteiger partial charge in [-0.1, -0.05) is 51.8 Å². The van der Waals surface area contributed by atoms with Crippen LogP contribution in [0.2, 0.25) is 5.02 Å². The number of anilines is 1. The van der Waals surface area contributed by atoms with Crippen molar-refractivity contribution in [3.8, 4) is 5.75 Å². The standard InChI is InChI=1S/C37H51ClN4O5S/c1-24-8-6-10-33(46-5)27(4)26(3)20-42-22-37(15-7-9-28-16-30(38)12-13-31(28)37)23-47-34-14-11-29(17-32(34)42)35(43)39-48(45,21-24)40-36(44)41-18-25(2)19-41/h11-14,16-17,24-27,33H,6-10,15,18-23H2,1-5H3,(H,39,40,43,44,45)/t24-,26-,27+,33-,37-,48?/m0/s1. The van der Waals surface area contributed by atoms with Gasteiger partial charge in [-0.25, -0.2) is 9.00 Å². The van der Waals surface area contributed by atoms with Crippen molar-refractivity contribution in [1.82, 2.24) is 9.62 Å². The van der Waals surface area contributed by atoms with E-state index in [2.05, 4.69) is 46.9 Å². The fourth-order valence-corrected chi connectivity index (χ4v) is 10.3. The summed E-state index contributed by atoms with van der Waals surface area (Å²) in [5.74, 6) is 1.12. The van der Waals surface area contributed by atoms with E-state index < -0.39 is 21.9 Å². The van der Waals surface area contributed by atoms with Crippen LogP contribution in [0.3, 0.4) is 0 Å². The number of likely N-dealkylation sites (tertiary alicyclic amines) is 1. The zero-order valence-electron chi connectivity index (χ0n) is 29.0. The molecule has 6 rings (SSSR count). The Hall–Kier alpha value is -2.82. The van der Waals surface area contributed by atoms with Crippen molar-refractivity contribution in [1.29, 1.82) is 0 Å². The Labute approximate surface area is 291 Å². The summed E-state index contributed by atoms with van der Waals surface area (Å²) < 4.78 is 34.1. The minimum absolute atomic E-state index is 0.0248. The maximum Gasteiger partial charge on any atom is 0.329 e. The summed E-state index contributed by atoms with van der Waals surface area (Å²) in [5, 5.41) is 0.746. The lowest BCUT2D eigenvalue weighted by molar-refractivity contribution is 0.0302. The van der Waals surface area contributed by atoms with Crippen LogP contribution in [0.1, 0.15) is 81.3 Å². The topological polar surface area (TPSA) is 101 Å². The van der Waals surface area contributed by atoms with E-state index in [1.807, 2.05) is 25.1 Å². The van der Waals surface area contributed by atoms with Crippen molar-refractivity contribution in [3.63, 3.8) is 0 Å². The Morgan fingerprint density at radius 3 is 2.60 bits per heavy atom. The zero-order chi connectivity index (χ0) is 34.2. The van der Waals surface area contributed by atoms with Gasteiger partial charge in [0.15, 0.2) is 0 Å². The number of amides is 3. The van der Waals surface area contributed by atoms with Crippen molar-refractivity contribution in [2.45, 2.75) is 77.7 Å². The van der Waals surface area contributed by atoms with E-state index in [-0.39, 0.29) is 35.0 Å². The summed E-state index contributed by atoms with van der Waals surface area (Å²) in [6.45, 7) is 11.8. The Morgan fingerprint density at radius 1 is 1.06 bits per heavy atom. The first-order valence-corrected chi connectivity index (χ1v) is 19.6. The smallest absolute Gasteiger partial charge is 0.329 e. The largest absolute Gasteiger partial charge is 0.490 e. The zero-order valence-corrected chi connectivity index (χ0v) is 30.6. The van der Waals surface area contributed by atoms with Gasteiger partial charge in [-0.15, -0.1) is 4.36 Å². The van der Waals surface area contributed by atoms with Gasteiger partial charge in [0.05, 0.1) is 24.2 Å². The summed E-state index contributed by atoms with van der Waals surface area (Å²) in [4.78, 5) is 31.0. The molecule has 4 aliphatic rings. The lowest BCUT2D eigenvalue weighted by Gasteiger charge is -2.42. The molecule has 2 bridgehead atoms. The number of nitrogens with one attached hydrogen (secondary N) is 1. The molecule has 1 unspecified atom stereocenters. The molecule has 1 saturated heterocycles. The highest BCUT2D eigenvalue weighted by Crippen LogP contribution is 2.45. The average Bonchev–Trinajstić information content (AvgIpc) is 3.17. The Kier molecular flexibility index (Phi) is 10.4. The second-order valence-electron chi connectivity index (χ2n) is 15.1. The Bertz CT molecular complexity index is 1650. The van der Waals surface area contributed by atoms with E-state index in [1.165, 1.54) is 11.1 Å². The molecule has 6 atom stereocenters. The lowest BCUT2D eigenvalue weighted by atomic mass is 9.70. The predicted octanol–water partition coefficient (Wildman–Crippen LogP) is 7.10. The van der Waals surface area contributed by atoms with Gasteiger partial charge in [0.25, 0.3) is 5.91 Å². The molecule has 48 heavy (non-hydrogen) atoms. The van der Waals surface area contributed by atoms with Gasteiger partial charge in [0.2, 0.25) is 0 Å². The summed E-state index contributed by atoms with van der Waals surface area (Å²) in [5.41, 5.74) is 3.45. The maximum absolute atomic E-state index is 14.4. The van der Waals surface area contributed by atoms with Crippen LogP contribution in [-0.4, -0.2) is 72.8 Å². The van der Waals surface area contributed by atoms with Crippen LogP contribution in [-0.2, 0) is 26.5 Å². The normalized spacial score (nSPS) is 31.6. The molecule has 3 heterocycles. The van der Waals surface area contributed by atoms with Gasteiger partial charge in [-0.3, -0.25) is 9.52 Å². The van der Waals surface area contributed by atoms with E-state index in [1.54, 1.807) is 18.1 Å². The number of nitrogens with zero attached hydrogens (tertiary/aromatic N) is 3. The number of rotatable bonds is 2. The van der Waals surface area contributed by atoms with Gasteiger partial charge in [0, 0.05) is 49.3 Å². The van der Waals surface area contributed by atoms with E-state index in [0.717, 1.165) is 62.3 Å². The highest BCUT2D eigenvalue weighted by molar-refractivity contribution is 7.92. The molecular weight excluding hydrogens is 648 g/mol. The molecule has 1 fully saturated rings. The molecule has 0 aromatic heterocycles. The van der Waals surface area contributed by atoms with Crippen molar-refractivity contribution in [3.05, 3.63) is 58.1 Å². The number of halogens is 1. The number of fused-ring (bicyclic) bond motifs is 3. The van der Waals surface area contributed by atoms with Crippen LogP contribution >= 0.6 is 11.6 Å². The van der Waals surface area contributed by atoms with Crippen molar-refractivity contribution in [2.75, 3.05) is 50.5 Å². The average molecular weight is 699 g/mol. The van der Waals surface area contributed by atoms with Crippen LogP contribution in [0.5, 0.6) is 5.75 Å². The molecule has 262 valence electrons. The third kappa shape index (κ3) is 7.36. The molecule has 11 heteroatoms. The number of carbonyl (C=O) groups is 2. The maximum atomic E-state index is 14.4. The first-order valence-electron chi connectivity index (χ1n) is 17.6. The number of hydrogen-bond donors (Lipinski definition) is 1. The highest BCUT2D eigenvalue weighted by Gasteiger charge is 2.42. The molecule has 1 N–H and O–H groups in total. The van der Waals surface area contributed by atoms with Crippen molar-refractivity contribution in [2.24, 2.45) is 28.0 Å². The predicted molar refractivity (Wildman–Crippen MR) is 191 cm³/mol. The Morgan fingerprint density at radius 2 is 1.85 bits per heavy atom. The first kappa shape index (κ1) is 35.0. The third-order valence-electron chi connectivity index (χ3n) is 11.1. The van der Waals surface area contributed by atoms with Crippen molar-refractivity contribution >= 4 is 39.1 Å². The van der Waals surface area contributed by atoms with E-state index in [9.17, 15) is 13.8 Å². The van der Waals surface area contributed by atoms with Crippen LogP contribution < -0.4 is 14.4 Å². The number of ether oxygens (including phenoxy) is 2. The fourth-order valence-electron chi connectivity index (χ4n) is 8.21. The monoisotopic (exact) mass is 698 g/mol. The Balaban J connectivity index is 1.41. The highest BCUT2D eigenvalue weighted by atomic mass is 35.5. The quantitative estimate of drug-likeness (QED) is 0.359. The molecule has 3 aliphatic heterocycles. The van der Waals surface area contributed by atoms with Crippen LogP contribution in [0.15, 0.2) is 40.8 Å². The van der Waals surface area contributed by atoms with Gasteiger partial charge >= 0.3 is 6.03 Å². The van der Waals surface area contributed by atoms with Crippen LogP contribution in [0, 0.1) is 23.7 Å². The van der Waals surface area contributed by atoms with Crippen LogP contribution in [0.25, 0.3) is 0 Å². The third-order valence-corrected chi connectivity index (χ3v) is 13.3. The molecule has 1 aliphatic carbocycles. The van der Waals surface area contributed by atoms with E-state index in [4.69, 9.17) is 21.1 Å². The number of hydrogen-bond acceptors (Lipinski definition) is 6. The van der Waals surface area contributed by atoms with Crippen molar-refractivity contribution < 1.29 is 23.3 Å². The van der Waals surface area contributed by atoms with E-state index in [0.29, 0.717) is 36.9 Å². The summed E-state index contributed by atoms with van der Waals surface area (Å²) in [7, 11) is -1.60. The molecule has 9 nitrogen and oxygen atoms in total. The fraction of sp³-hybridized carbons (Fsp3) is 0.622. The number of methoxy groups -OCH3 is 1. The SMILES string of the molecule is CO[C@H]1CCC[C@H](C)CS(=O)(NC(=O)N2CC(C)C2)=NC(=O)c2ccc3c(c2)N(C[C@H](C)[C@H]1C)C[C@@]1(CCCc2cc(Cl)ccc21)CO3. The minimum Gasteiger partial charge on any atom is -0.490 e. The second kappa shape index (κ2) is 14.2. The van der Waals surface area contributed by atoms with E-state index >= 15 is 0 Å². The summed E-state index contributed by atoms with van der Waals surface area (Å²) >= 11 is 6.44. The summed E-state index contributed by atoms with van der Waals surface area (Å²) in [6.07, 6.45) is 5.59. The molecule has 2 aromatic rings. The molecule has 2 aromatic carbocycles. The van der Waals surface area contributed by atoms with Gasteiger partial charge in [-0.2, -0.15) is 0 Å². The second-order valence-corrected chi connectivity index (χ2v) is 17.5. The molecule has 3 amide bonds. The van der Waals surface area contributed by atoms with Gasteiger partial charge in [-0.05, 0) is 97.2 Å². The molecule has 0 saturated carbocycles. The number of benzene rings is 2.